The lowest BCUT2D eigenvalue weighted by Crippen LogP contribution is -2.34. The van der Waals surface area contributed by atoms with Gasteiger partial charge in [-0.05, 0) is 31.1 Å². The number of carbonyl (C=O) groups excluding carboxylic acids is 2. The Balaban J connectivity index is 1.56. The zero-order chi connectivity index (χ0) is 15.2. The first-order valence-electron chi connectivity index (χ1n) is 8.61. The number of aryl methyl sites for hydroxylation is 1. The predicted octanol–water partition coefficient (Wildman–Crippen LogP) is 3.60. The van der Waals surface area contributed by atoms with Crippen molar-refractivity contribution in [2.75, 3.05) is 13.1 Å². The molecule has 1 saturated heterocycles. The molecule has 0 atom stereocenters. The second-order valence-corrected chi connectivity index (χ2v) is 7.26. The molecule has 0 N–H and O–H groups in total. The number of Topliss-reactive ketones (excluding diaryl/α,β-unsaturated/α-hetero) is 1. The van der Waals surface area contributed by atoms with Crippen LogP contribution < -0.4 is 0 Å². The summed E-state index contributed by atoms with van der Waals surface area (Å²) >= 11 is 0. The predicted molar refractivity (Wildman–Crippen MR) is 82.0 cm³/mol. The van der Waals surface area contributed by atoms with Crippen molar-refractivity contribution in [2.45, 2.75) is 57.8 Å². The summed E-state index contributed by atoms with van der Waals surface area (Å²) in [5, 5.41) is 0. The van der Waals surface area contributed by atoms with Gasteiger partial charge in [0.15, 0.2) is 5.78 Å². The normalized spacial score (nSPS) is 23.8. The molecule has 0 unspecified atom stereocenters. The van der Waals surface area contributed by atoms with Crippen LogP contribution in [0.4, 0.5) is 0 Å². The van der Waals surface area contributed by atoms with Crippen LogP contribution in [0.2, 0.25) is 0 Å². The SMILES string of the molecule is O=C1CCCc2occ(C(=O)N3CCC4(CCCCC4)C3)c21. The topological polar surface area (TPSA) is 50.5 Å². The number of rotatable bonds is 1. The molecule has 4 heteroatoms. The molecule has 22 heavy (non-hydrogen) atoms. The Bertz CT molecular complexity index is 610. The molecule has 1 spiro atoms. The van der Waals surface area contributed by atoms with E-state index < -0.39 is 0 Å². The largest absolute Gasteiger partial charge is 0.468 e. The molecule has 2 fully saturated rings. The number of hydrogen-bond acceptors (Lipinski definition) is 3. The van der Waals surface area contributed by atoms with Gasteiger partial charge >= 0.3 is 0 Å². The van der Waals surface area contributed by atoms with E-state index in [1.54, 1.807) is 0 Å². The van der Waals surface area contributed by atoms with Gasteiger partial charge in [-0.15, -0.1) is 0 Å². The van der Waals surface area contributed by atoms with Crippen molar-refractivity contribution in [3.8, 4) is 0 Å². The minimum Gasteiger partial charge on any atom is -0.468 e. The third-order valence-corrected chi connectivity index (χ3v) is 5.82. The van der Waals surface area contributed by atoms with Crippen LogP contribution in [0, 0.1) is 5.41 Å². The van der Waals surface area contributed by atoms with Gasteiger partial charge in [0, 0.05) is 25.9 Å². The van der Waals surface area contributed by atoms with E-state index in [4.69, 9.17) is 4.42 Å². The van der Waals surface area contributed by atoms with E-state index >= 15 is 0 Å². The smallest absolute Gasteiger partial charge is 0.257 e. The number of hydrogen-bond donors (Lipinski definition) is 0. The van der Waals surface area contributed by atoms with Crippen molar-refractivity contribution < 1.29 is 14.0 Å². The van der Waals surface area contributed by atoms with Crippen LogP contribution in [0.3, 0.4) is 0 Å². The van der Waals surface area contributed by atoms with Crippen molar-refractivity contribution in [3.05, 3.63) is 23.2 Å². The first kappa shape index (κ1) is 14.0. The van der Waals surface area contributed by atoms with Crippen LogP contribution in [0.1, 0.15) is 77.8 Å². The van der Waals surface area contributed by atoms with Crippen molar-refractivity contribution >= 4 is 11.7 Å². The fourth-order valence-corrected chi connectivity index (χ4v) is 4.57. The maximum absolute atomic E-state index is 12.9. The minimum absolute atomic E-state index is 0.00250. The summed E-state index contributed by atoms with van der Waals surface area (Å²) in [7, 11) is 0. The molecule has 2 aliphatic carbocycles. The average Bonchev–Trinajstić information content (AvgIpc) is 3.13. The van der Waals surface area contributed by atoms with Gasteiger partial charge < -0.3 is 9.32 Å². The highest BCUT2D eigenvalue weighted by Crippen LogP contribution is 2.44. The average molecular weight is 301 g/mol. The van der Waals surface area contributed by atoms with Crippen molar-refractivity contribution in [1.29, 1.82) is 0 Å². The number of nitrogens with zero attached hydrogens (tertiary/aromatic N) is 1. The minimum atomic E-state index is 0.00250. The van der Waals surface area contributed by atoms with E-state index in [1.165, 1.54) is 38.4 Å². The van der Waals surface area contributed by atoms with E-state index in [0.717, 1.165) is 32.4 Å². The molecule has 3 aliphatic rings. The summed E-state index contributed by atoms with van der Waals surface area (Å²) in [4.78, 5) is 27.0. The van der Waals surface area contributed by atoms with Crippen LogP contribution in [-0.2, 0) is 6.42 Å². The fourth-order valence-electron chi connectivity index (χ4n) is 4.57. The zero-order valence-corrected chi connectivity index (χ0v) is 13.0. The van der Waals surface area contributed by atoms with Crippen LogP contribution in [-0.4, -0.2) is 29.7 Å². The van der Waals surface area contributed by atoms with Crippen LogP contribution in [0.15, 0.2) is 10.7 Å². The quantitative estimate of drug-likeness (QED) is 0.796. The van der Waals surface area contributed by atoms with E-state index in [0.29, 0.717) is 28.7 Å². The Morgan fingerprint density at radius 2 is 1.91 bits per heavy atom. The second-order valence-electron chi connectivity index (χ2n) is 7.26. The highest BCUT2D eigenvalue weighted by Gasteiger charge is 2.41. The summed E-state index contributed by atoms with van der Waals surface area (Å²) in [6.45, 7) is 1.69. The first-order chi connectivity index (χ1) is 10.7. The molecule has 1 amide bonds. The number of likely N-dealkylation sites (tertiary alicyclic amines) is 1. The lowest BCUT2D eigenvalue weighted by Gasteiger charge is -2.33. The van der Waals surface area contributed by atoms with Crippen molar-refractivity contribution in [2.24, 2.45) is 5.41 Å². The number of furan rings is 1. The van der Waals surface area contributed by atoms with Gasteiger partial charge in [0.1, 0.15) is 12.0 Å². The molecular weight excluding hydrogens is 278 g/mol. The number of fused-ring (bicyclic) bond motifs is 1. The standard InChI is InChI=1S/C18H23NO3/c20-14-5-4-6-15-16(14)13(11-22-15)17(21)19-10-9-18(12-19)7-2-1-3-8-18/h11H,1-10,12H2. The maximum Gasteiger partial charge on any atom is 0.257 e. The van der Waals surface area contributed by atoms with Gasteiger partial charge in [-0.25, -0.2) is 0 Å². The molecule has 4 nitrogen and oxygen atoms in total. The molecule has 0 aromatic carbocycles. The molecular formula is C18H23NO3. The number of amides is 1. The van der Waals surface area contributed by atoms with Crippen molar-refractivity contribution in [3.63, 3.8) is 0 Å². The summed E-state index contributed by atoms with van der Waals surface area (Å²) in [5.41, 5.74) is 1.43. The molecule has 1 aromatic heterocycles. The van der Waals surface area contributed by atoms with Crippen molar-refractivity contribution in [1.82, 2.24) is 4.90 Å². The number of carbonyl (C=O) groups is 2. The van der Waals surface area contributed by atoms with Gasteiger partial charge in [0.25, 0.3) is 5.91 Å². The van der Waals surface area contributed by atoms with Crippen LogP contribution >= 0.6 is 0 Å². The molecule has 1 aromatic rings. The highest BCUT2D eigenvalue weighted by atomic mass is 16.3. The Hall–Kier alpha value is -1.58. The van der Waals surface area contributed by atoms with E-state index in [-0.39, 0.29) is 11.7 Å². The van der Waals surface area contributed by atoms with Crippen LogP contribution in [0.25, 0.3) is 0 Å². The lowest BCUT2D eigenvalue weighted by atomic mass is 9.73. The van der Waals surface area contributed by atoms with Gasteiger partial charge in [-0.2, -0.15) is 0 Å². The number of ketones is 1. The Labute approximate surface area is 130 Å². The maximum atomic E-state index is 12.9. The van der Waals surface area contributed by atoms with Crippen LogP contribution in [0.5, 0.6) is 0 Å². The molecule has 118 valence electrons. The second kappa shape index (κ2) is 5.25. The van der Waals surface area contributed by atoms with E-state index in [2.05, 4.69) is 0 Å². The third kappa shape index (κ3) is 2.20. The molecule has 2 heterocycles. The summed E-state index contributed by atoms with van der Waals surface area (Å²) in [6.07, 6.45) is 11.2. The zero-order valence-electron chi connectivity index (χ0n) is 13.0. The summed E-state index contributed by atoms with van der Waals surface area (Å²) in [6, 6.07) is 0. The Morgan fingerprint density at radius 3 is 2.73 bits per heavy atom. The van der Waals surface area contributed by atoms with E-state index in [1.807, 2.05) is 4.90 Å². The molecule has 1 saturated carbocycles. The van der Waals surface area contributed by atoms with Gasteiger partial charge in [0.05, 0.1) is 11.1 Å². The summed E-state index contributed by atoms with van der Waals surface area (Å²) < 4.78 is 5.51. The van der Waals surface area contributed by atoms with Gasteiger partial charge in [-0.1, -0.05) is 19.3 Å². The summed E-state index contributed by atoms with van der Waals surface area (Å²) in [5.74, 6) is 0.791. The third-order valence-electron chi connectivity index (χ3n) is 5.82. The first-order valence-corrected chi connectivity index (χ1v) is 8.61. The molecule has 1 aliphatic heterocycles. The van der Waals surface area contributed by atoms with E-state index in [9.17, 15) is 9.59 Å². The fraction of sp³-hybridized carbons (Fsp3) is 0.667. The molecule has 0 bridgehead atoms. The lowest BCUT2D eigenvalue weighted by molar-refractivity contribution is 0.0753. The molecule has 4 rings (SSSR count). The highest BCUT2D eigenvalue weighted by molar-refractivity contribution is 6.09. The van der Waals surface area contributed by atoms with Gasteiger partial charge in [0.2, 0.25) is 0 Å². The monoisotopic (exact) mass is 301 g/mol. The molecule has 0 radical (unpaired) electrons. The van der Waals surface area contributed by atoms with Gasteiger partial charge in [-0.3, -0.25) is 9.59 Å². The Kier molecular flexibility index (Phi) is 3.35. The Morgan fingerprint density at radius 1 is 1.09 bits per heavy atom.